The highest BCUT2D eigenvalue weighted by atomic mass is 35.5. The van der Waals surface area contributed by atoms with Crippen molar-refractivity contribution in [1.29, 1.82) is 0 Å². The molecule has 0 spiro atoms. The number of nitrogens with zero attached hydrogens (tertiary/aromatic N) is 2. The first-order chi connectivity index (χ1) is 13.9. The van der Waals surface area contributed by atoms with E-state index in [4.69, 9.17) is 4.74 Å². The Bertz CT molecular complexity index is 926. The standard InChI is InChI=1S/C21H27N3O4S.ClH/c1-17-3-5-18(6-4-17)21(25)22-11-12-23-13-15-24(16-14-23)29(26,27)20-9-7-19(28-2)8-10-20;/h3-10H,11-16H2,1-2H3,(H,22,25);1H. The fraction of sp³-hybridized carbons (Fsp3) is 0.381. The second-order valence-corrected chi connectivity index (χ2v) is 8.98. The van der Waals surface area contributed by atoms with Crippen LogP contribution in [-0.4, -0.2) is 69.9 Å². The molecule has 30 heavy (non-hydrogen) atoms. The molecule has 164 valence electrons. The van der Waals surface area contributed by atoms with E-state index in [0.717, 1.165) is 5.56 Å². The zero-order valence-corrected chi connectivity index (χ0v) is 18.8. The Morgan fingerprint density at radius 2 is 1.60 bits per heavy atom. The van der Waals surface area contributed by atoms with Crippen molar-refractivity contribution in [2.45, 2.75) is 11.8 Å². The van der Waals surface area contributed by atoms with Crippen LogP contribution in [0.25, 0.3) is 0 Å². The molecule has 0 aliphatic carbocycles. The molecule has 2 aromatic carbocycles. The lowest BCUT2D eigenvalue weighted by Gasteiger charge is -2.34. The number of halogens is 1. The van der Waals surface area contributed by atoms with Crippen LogP contribution in [-0.2, 0) is 10.0 Å². The molecule has 0 unspecified atom stereocenters. The van der Waals surface area contributed by atoms with Gasteiger partial charge in [0.2, 0.25) is 10.0 Å². The number of benzene rings is 2. The quantitative estimate of drug-likeness (QED) is 0.695. The molecule has 2 aromatic rings. The van der Waals surface area contributed by atoms with E-state index >= 15 is 0 Å². The Morgan fingerprint density at radius 1 is 1.00 bits per heavy atom. The van der Waals surface area contributed by atoms with Gasteiger partial charge in [-0.15, -0.1) is 12.4 Å². The summed E-state index contributed by atoms with van der Waals surface area (Å²) in [5.74, 6) is 0.534. The van der Waals surface area contributed by atoms with E-state index in [0.29, 0.717) is 50.6 Å². The zero-order valence-electron chi connectivity index (χ0n) is 17.2. The number of rotatable bonds is 7. The van der Waals surface area contributed by atoms with Gasteiger partial charge in [0.25, 0.3) is 5.91 Å². The average molecular weight is 454 g/mol. The molecule has 0 radical (unpaired) electrons. The molecule has 3 rings (SSSR count). The highest BCUT2D eigenvalue weighted by Gasteiger charge is 2.28. The lowest BCUT2D eigenvalue weighted by atomic mass is 10.1. The molecule has 1 aliphatic rings. The number of carbonyl (C=O) groups is 1. The van der Waals surface area contributed by atoms with Crippen molar-refractivity contribution in [3.8, 4) is 5.75 Å². The van der Waals surface area contributed by atoms with Crippen molar-refractivity contribution in [2.24, 2.45) is 0 Å². The molecule has 7 nitrogen and oxygen atoms in total. The summed E-state index contributed by atoms with van der Waals surface area (Å²) in [5.41, 5.74) is 1.76. The van der Waals surface area contributed by atoms with Gasteiger partial charge in [0.05, 0.1) is 12.0 Å². The Hall–Kier alpha value is -2.13. The molecular formula is C21H28ClN3O4S. The van der Waals surface area contributed by atoms with Crippen LogP contribution < -0.4 is 10.1 Å². The third kappa shape index (κ3) is 5.95. The van der Waals surface area contributed by atoms with Gasteiger partial charge in [-0.3, -0.25) is 9.69 Å². The van der Waals surface area contributed by atoms with Gasteiger partial charge in [0.1, 0.15) is 5.75 Å². The van der Waals surface area contributed by atoms with Crippen molar-refractivity contribution in [1.82, 2.24) is 14.5 Å². The number of hydrogen-bond acceptors (Lipinski definition) is 5. The van der Waals surface area contributed by atoms with Crippen LogP contribution in [0.5, 0.6) is 5.75 Å². The molecule has 1 aliphatic heterocycles. The van der Waals surface area contributed by atoms with E-state index < -0.39 is 10.0 Å². The fourth-order valence-electron chi connectivity index (χ4n) is 3.22. The van der Waals surface area contributed by atoms with Gasteiger partial charge in [0.15, 0.2) is 0 Å². The van der Waals surface area contributed by atoms with Crippen molar-refractivity contribution >= 4 is 28.3 Å². The summed E-state index contributed by atoms with van der Waals surface area (Å²) in [5, 5.41) is 2.92. The largest absolute Gasteiger partial charge is 0.497 e. The Kier molecular flexibility index (Phi) is 8.66. The summed E-state index contributed by atoms with van der Waals surface area (Å²) >= 11 is 0. The van der Waals surface area contributed by atoms with E-state index in [-0.39, 0.29) is 23.2 Å². The topological polar surface area (TPSA) is 79.0 Å². The molecule has 1 fully saturated rings. The Morgan fingerprint density at radius 3 is 2.17 bits per heavy atom. The van der Waals surface area contributed by atoms with Crippen LogP contribution in [0.1, 0.15) is 15.9 Å². The van der Waals surface area contributed by atoms with Crippen LogP contribution in [0.2, 0.25) is 0 Å². The Balaban J connectivity index is 0.00000320. The lowest BCUT2D eigenvalue weighted by molar-refractivity contribution is 0.0945. The minimum atomic E-state index is -3.50. The van der Waals surface area contributed by atoms with Crippen molar-refractivity contribution in [2.75, 3.05) is 46.4 Å². The lowest BCUT2D eigenvalue weighted by Crippen LogP contribution is -2.50. The molecule has 0 saturated carbocycles. The van der Waals surface area contributed by atoms with Crippen molar-refractivity contribution < 1.29 is 17.9 Å². The predicted molar refractivity (Wildman–Crippen MR) is 119 cm³/mol. The van der Waals surface area contributed by atoms with Gasteiger partial charge in [-0.1, -0.05) is 17.7 Å². The molecule has 1 saturated heterocycles. The average Bonchev–Trinajstić information content (AvgIpc) is 2.74. The van der Waals surface area contributed by atoms with Crippen LogP contribution >= 0.6 is 12.4 Å². The van der Waals surface area contributed by atoms with Gasteiger partial charge in [0, 0.05) is 44.8 Å². The van der Waals surface area contributed by atoms with Crippen LogP contribution in [0, 0.1) is 6.92 Å². The maximum Gasteiger partial charge on any atom is 0.251 e. The van der Waals surface area contributed by atoms with Crippen LogP contribution in [0.15, 0.2) is 53.4 Å². The van der Waals surface area contributed by atoms with E-state index in [2.05, 4.69) is 10.2 Å². The van der Waals surface area contributed by atoms with E-state index in [9.17, 15) is 13.2 Å². The maximum absolute atomic E-state index is 12.8. The third-order valence-electron chi connectivity index (χ3n) is 5.06. The number of nitrogens with one attached hydrogen (secondary N) is 1. The van der Waals surface area contributed by atoms with Crippen LogP contribution in [0.3, 0.4) is 0 Å². The number of amides is 1. The monoisotopic (exact) mass is 453 g/mol. The molecule has 1 heterocycles. The zero-order chi connectivity index (χ0) is 20.9. The number of sulfonamides is 1. The molecule has 1 N–H and O–H groups in total. The van der Waals surface area contributed by atoms with Gasteiger partial charge >= 0.3 is 0 Å². The highest BCUT2D eigenvalue weighted by Crippen LogP contribution is 2.20. The van der Waals surface area contributed by atoms with Crippen LogP contribution in [0.4, 0.5) is 0 Å². The first-order valence-corrected chi connectivity index (χ1v) is 11.1. The summed E-state index contributed by atoms with van der Waals surface area (Å²) in [6, 6.07) is 13.9. The normalized spacial score (nSPS) is 15.3. The molecule has 0 atom stereocenters. The van der Waals surface area contributed by atoms with Crippen molar-refractivity contribution in [3.05, 3.63) is 59.7 Å². The smallest absolute Gasteiger partial charge is 0.251 e. The molecule has 0 bridgehead atoms. The van der Waals surface area contributed by atoms with Gasteiger partial charge in [-0.2, -0.15) is 4.31 Å². The van der Waals surface area contributed by atoms with Crippen molar-refractivity contribution in [3.63, 3.8) is 0 Å². The number of methoxy groups -OCH3 is 1. The second kappa shape index (κ2) is 10.8. The summed E-state index contributed by atoms with van der Waals surface area (Å²) in [6.07, 6.45) is 0. The number of carbonyl (C=O) groups excluding carboxylic acids is 1. The molecule has 0 aromatic heterocycles. The van der Waals surface area contributed by atoms with Gasteiger partial charge in [-0.05, 0) is 43.3 Å². The first-order valence-electron chi connectivity index (χ1n) is 9.61. The minimum Gasteiger partial charge on any atom is -0.497 e. The summed E-state index contributed by atoms with van der Waals surface area (Å²) in [6.45, 7) is 5.33. The van der Waals surface area contributed by atoms with E-state index in [1.54, 1.807) is 31.4 Å². The molecule has 9 heteroatoms. The Labute approximate surface area is 184 Å². The summed E-state index contributed by atoms with van der Waals surface area (Å²) < 4.78 is 32.2. The SMILES string of the molecule is COc1ccc(S(=O)(=O)N2CCN(CCNC(=O)c3ccc(C)cc3)CC2)cc1.Cl. The van der Waals surface area contributed by atoms with E-state index in [1.807, 2.05) is 31.2 Å². The summed E-state index contributed by atoms with van der Waals surface area (Å²) in [4.78, 5) is 14.6. The summed E-state index contributed by atoms with van der Waals surface area (Å²) in [7, 11) is -1.96. The number of aryl methyl sites for hydroxylation is 1. The predicted octanol–water partition coefficient (Wildman–Crippen LogP) is 2.16. The fourth-order valence-corrected chi connectivity index (χ4v) is 4.65. The highest BCUT2D eigenvalue weighted by molar-refractivity contribution is 7.89. The first kappa shape index (κ1) is 24.1. The van der Waals surface area contributed by atoms with Gasteiger partial charge in [-0.25, -0.2) is 8.42 Å². The number of ether oxygens (including phenoxy) is 1. The number of piperazine rings is 1. The maximum atomic E-state index is 12.8. The second-order valence-electron chi connectivity index (χ2n) is 7.04. The number of hydrogen-bond donors (Lipinski definition) is 1. The molecular weight excluding hydrogens is 426 g/mol. The van der Waals surface area contributed by atoms with E-state index in [1.165, 1.54) is 4.31 Å². The third-order valence-corrected chi connectivity index (χ3v) is 6.97. The molecule has 1 amide bonds. The minimum absolute atomic E-state index is 0. The van der Waals surface area contributed by atoms with Gasteiger partial charge < -0.3 is 10.1 Å².